The Bertz CT molecular complexity index is 824. The summed E-state index contributed by atoms with van der Waals surface area (Å²) in [5.41, 5.74) is 5.02. The maximum absolute atomic E-state index is 12.4. The van der Waals surface area contributed by atoms with Crippen molar-refractivity contribution in [3.8, 4) is 0 Å². The molecule has 3 amide bonds. The molecule has 0 saturated carbocycles. The highest BCUT2D eigenvalue weighted by Crippen LogP contribution is 2.23. The summed E-state index contributed by atoms with van der Waals surface area (Å²) in [6.07, 6.45) is 0.510. The monoisotopic (exact) mass is 413 g/mol. The third-order valence-electron chi connectivity index (χ3n) is 4.10. The van der Waals surface area contributed by atoms with E-state index in [2.05, 4.69) is 10.9 Å². The normalized spacial score (nSPS) is 17.9. The van der Waals surface area contributed by atoms with Crippen LogP contribution in [-0.2, 0) is 19.4 Å². The molecule has 148 valence electrons. The topological polar surface area (TPSA) is 113 Å². The standard InChI is InChI=1S/C17H23N3O5S2/c1-20(2)16(22)10-26-14-6-4-3-5-13(14)17(23)19-18-15(21)9-12-7-8-27(24,25)11-12/h3-6,12H,7-11H2,1-2H3,(H,18,21)(H,19,23)/t12-/m1/s1. The van der Waals surface area contributed by atoms with Crippen LogP contribution in [0.5, 0.6) is 0 Å². The number of sulfone groups is 1. The molecule has 1 aromatic carbocycles. The molecule has 0 aromatic heterocycles. The summed E-state index contributed by atoms with van der Waals surface area (Å²) in [6.45, 7) is 0. The number of thioether (sulfide) groups is 1. The molecule has 1 aliphatic heterocycles. The second-order valence-corrected chi connectivity index (χ2v) is 9.79. The van der Waals surface area contributed by atoms with Crippen molar-refractivity contribution in [2.75, 3.05) is 31.4 Å². The van der Waals surface area contributed by atoms with E-state index in [0.717, 1.165) is 0 Å². The summed E-state index contributed by atoms with van der Waals surface area (Å²) in [5.74, 6) is -0.913. The summed E-state index contributed by atoms with van der Waals surface area (Å²) in [5, 5.41) is 0. The minimum atomic E-state index is -3.04. The van der Waals surface area contributed by atoms with Gasteiger partial charge in [-0.2, -0.15) is 0 Å². The highest BCUT2D eigenvalue weighted by Gasteiger charge is 2.29. The van der Waals surface area contributed by atoms with E-state index in [1.165, 1.54) is 16.7 Å². The lowest BCUT2D eigenvalue weighted by atomic mass is 10.1. The summed E-state index contributed by atoms with van der Waals surface area (Å²) in [4.78, 5) is 38.1. The van der Waals surface area contributed by atoms with Crippen LogP contribution in [0.3, 0.4) is 0 Å². The van der Waals surface area contributed by atoms with Gasteiger partial charge in [0.25, 0.3) is 5.91 Å². The average Bonchev–Trinajstić information content (AvgIpc) is 2.96. The molecule has 0 unspecified atom stereocenters. The Hall–Kier alpha value is -2.07. The van der Waals surface area contributed by atoms with Crippen molar-refractivity contribution in [1.29, 1.82) is 0 Å². The zero-order valence-corrected chi connectivity index (χ0v) is 16.9. The van der Waals surface area contributed by atoms with E-state index < -0.39 is 21.7 Å². The molecule has 8 nitrogen and oxygen atoms in total. The maximum atomic E-state index is 12.4. The Morgan fingerprint density at radius 2 is 1.89 bits per heavy atom. The van der Waals surface area contributed by atoms with Crippen molar-refractivity contribution in [1.82, 2.24) is 15.8 Å². The number of hydrazine groups is 1. The molecule has 0 radical (unpaired) electrons. The fourth-order valence-corrected chi connectivity index (χ4v) is 5.48. The van der Waals surface area contributed by atoms with Crippen LogP contribution in [0.1, 0.15) is 23.2 Å². The van der Waals surface area contributed by atoms with E-state index in [0.29, 0.717) is 16.9 Å². The van der Waals surface area contributed by atoms with Crippen LogP contribution < -0.4 is 10.9 Å². The lowest BCUT2D eigenvalue weighted by Crippen LogP contribution is -2.42. The van der Waals surface area contributed by atoms with Gasteiger partial charge in [-0.1, -0.05) is 12.1 Å². The Morgan fingerprint density at radius 1 is 1.19 bits per heavy atom. The van der Waals surface area contributed by atoms with Crippen LogP contribution in [0.4, 0.5) is 0 Å². The van der Waals surface area contributed by atoms with Gasteiger partial charge in [0.15, 0.2) is 9.84 Å². The van der Waals surface area contributed by atoms with Gasteiger partial charge >= 0.3 is 0 Å². The first kappa shape index (κ1) is 21.2. The Labute approximate surface area is 163 Å². The van der Waals surface area contributed by atoms with Crippen LogP contribution >= 0.6 is 11.8 Å². The van der Waals surface area contributed by atoms with Gasteiger partial charge in [-0.3, -0.25) is 25.2 Å². The Kier molecular flexibility index (Phi) is 7.25. The number of amides is 3. The molecule has 0 aliphatic carbocycles. The van der Waals surface area contributed by atoms with Crippen molar-refractivity contribution in [2.45, 2.75) is 17.7 Å². The van der Waals surface area contributed by atoms with Crippen molar-refractivity contribution in [3.63, 3.8) is 0 Å². The average molecular weight is 414 g/mol. The fraction of sp³-hybridized carbons (Fsp3) is 0.471. The predicted octanol–water partition coefficient (Wildman–Crippen LogP) is 0.453. The van der Waals surface area contributed by atoms with Gasteiger partial charge < -0.3 is 4.90 Å². The first-order chi connectivity index (χ1) is 12.7. The molecule has 2 rings (SSSR count). The third kappa shape index (κ3) is 6.55. The summed E-state index contributed by atoms with van der Waals surface area (Å²) in [6, 6.07) is 6.79. The summed E-state index contributed by atoms with van der Waals surface area (Å²) >= 11 is 1.24. The van der Waals surface area contributed by atoms with Crippen molar-refractivity contribution < 1.29 is 22.8 Å². The van der Waals surface area contributed by atoms with Crippen LogP contribution in [0.2, 0.25) is 0 Å². The highest BCUT2D eigenvalue weighted by molar-refractivity contribution is 8.00. The Morgan fingerprint density at radius 3 is 2.52 bits per heavy atom. The molecule has 1 atom stereocenters. The van der Waals surface area contributed by atoms with E-state index in [1.807, 2.05) is 0 Å². The first-order valence-corrected chi connectivity index (χ1v) is 11.2. The van der Waals surface area contributed by atoms with Gasteiger partial charge in [0, 0.05) is 25.4 Å². The molecule has 10 heteroatoms. The zero-order chi connectivity index (χ0) is 20.0. The smallest absolute Gasteiger partial charge is 0.270 e. The molecule has 1 fully saturated rings. The molecule has 1 heterocycles. The molecule has 2 N–H and O–H groups in total. The molecule has 1 saturated heterocycles. The number of benzene rings is 1. The molecular weight excluding hydrogens is 390 g/mol. The van der Waals surface area contributed by atoms with Crippen LogP contribution in [-0.4, -0.2) is 62.4 Å². The predicted molar refractivity (Wildman–Crippen MR) is 103 cm³/mol. The van der Waals surface area contributed by atoms with Crippen LogP contribution in [0.15, 0.2) is 29.2 Å². The van der Waals surface area contributed by atoms with E-state index in [4.69, 9.17) is 0 Å². The Balaban J connectivity index is 1.88. The number of carbonyl (C=O) groups is 3. The number of hydrogen-bond acceptors (Lipinski definition) is 6. The highest BCUT2D eigenvalue weighted by atomic mass is 32.2. The molecule has 27 heavy (non-hydrogen) atoms. The van der Waals surface area contributed by atoms with Gasteiger partial charge in [-0.15, -0.1) is 11.8 Å². The van der Waals surface area contributed by atoms with E-state index in [9.17, 15) is 22.8 Å². The second-order valence-electron chi connectivity index (χ2n) is 6.55. The lowest BCUT2D eigenvalue weighted by Gasteiger charge is -2.13. The van der Waals surface area contributed by atoms with Gasteiger partial charge in [0.2, 0.25) is 11.8 Å². The lowest BCUT2D eigenvalue weighted by molar-refractivity contribution is -0.126. The minimum Gasteiger partial charge on any atom is -0.348 e. The minimum absolute atomic E-state index is 0.00768. The molecule has 1 aromatic rings. The van der Waals surface area contributed by atoms with E-state index >= 15 is 0 Å². The molecule has 0 spiro atoms. The van der Waals surface area contributed by atoms with E-state index in [-0.39, 0.29) is 35.5 Å². The van der Waals surface area contributed by atoms with Gasteiger partial charge in [-0.25, -0.2) is 8.42 Å². The number of nitrogens with one attached hydrogen (secondary N) is 2. The fourth-order valence-electron chi connectivity index (χ4n) is 2.59. The maximum Gasteiger partial charge on any atom is 0.270 e. The first-order valence-electron chi connectivity index (χ1n) is 8.39. The SMILES string of the molecule is CN(C)C(=O)CSc1ccccc1C(=O)NNC(=O)C[C@H]1CCS(=O)(=O)C1. The van der Waals surface area contributed by atoms with Crippen molar-refractivity contribution >= 4 is 39.3 Å². The van der Waals surface area contributed by atoms with Crippen molar-refractivity contribution in [3.05, 3.63) is 29.8 Å². The van der Waals surface area contributed by atoms with Crippen LogP contribution in [0, 0.1) is 5.92 Å². The number of nitrogens with zero attached hydrogens (tertiary/aromatic N) is 1. The molecular formula is C17H23N3O5S2. The van der Waals surface area contributed by atoms with E-state index in [1.54, 1.807) is 38.4 Å². The third-order valence-corrected chi connectivity index (χ3v) is 6.99. The quantitative estimate of drug-likeness (QED) is 0.517. The van der Waals surface area contributed by atoms with Gasteiger partial charge in [0.05, 0.1) is 22.8 Å². The molecule has 0 bridgehead atoms. The second kappa shape index (κ2) is 9.23. The number of carbonyl (C=O) groups excluding carboxylic acids is 3. The summed E-state index contributed by atoms with van der Waals surface area (Å²) < 4.78 is 22.9. The molecule has 1 aliphatic rings. The van der Waals surface area contributed by atoms with Crippen molar-refractivity contribution in [2.24, 2.45) is 5.92 Å². The summed E-state index contributed by atoms with van der Waals surface area (Å²) in [7, 11) is 0.277. The van der Waals surface area contributed by atoms with Gasteiger partial charge in [-0.05, 0) is 24.5 Å². The largest absolute Gasteiger partial charge is 0.348 e. The number of rotatable bonds is 6. The number of hydrogen-bond donors (Lipinski definition) is 2. The van der Waals surface area contributed by atoms with Crippen LogP contribution in [0.25, 0.3) is 0 Å². The van der Waals surface area contributed by atoms with Gasteiger partial charge in [0.1, 0.15) is 0 Å². The zero-order valence-electron chi connectivity index (χ0n) is 15.2.